The Morgan fingerprint density at radius 1 is 0.878 bits per heavy atom. The van der Waals surface area contributed by atoms with E-state index in [1.807, 2.05) is 48.5 Å². The molecule has 2 aliphatic rings. The fourth-order valence-corrected chi connectivity index (χ4v) is 5.76. The molecule has 5 N–H and O–H groups in total. The number of alkyl carbamates (subject to hydrolysis) is 1. The molecule has 4 rings (SSSR count). The van der Waals surface area contributed by atoms with E-state index in [9.17, 15) is 28.8 Å². The van der Waals surface area contributed by atoms with Gasteiger partial charge in [-0.15, -0.1) is 0 Å². The maximum atomic E-state index is 13.4. The van der Waals surface area contributed by atoms with Crippen LogP contribution in [0, 0.1) is 0 Å². The predicted molar refractivity (Wildman–Crippen MR) is 178 cm³/mol. The van der Waals surface area contributed by atoms with Gasteiger partial charge in [-0.1, -0.05) is 48.5 Å². The summed E-state index contributed by atoms with van der Waals surface area (Å²) in [6.07, 6.45) is -2.42. The normalized spacial score (nSPS) is 17.8. The number of primary amides is 1. The zero-order valence-corrected chi connectivity index (χ0v) is 28.7. The third-order valence-electron chi connectivity index (χ3n) is 7.74. The van der Waals surface area contributed by atoms with E-state index in [0.717, 1.165) is 22.3 Å². The van der Waals surface area contributed by atoms with Crippen molar-refractivity contribution in [2.75, 3.05) is 19.7 Å². The molecule has 264 valence electrons. The molecule has 0 bridgehead atoms. The molecule has 1 saturated heterocycles. The Hall–Kier alpha value is -4.98. The summed E-state index contributed by atoms with van der Waals surface area (Å²) in [5.74, 6) is -3.38. The van der Waals surface area contributed by atoms with E-state index in [4.69, 9.17) is 19.9 Å². The number of imide groups is 1. The summed E-state index contributed by atoms with van der Waals surface area (Å²) in [6.45, 7) is 9.94. The average molecular weight is 680 g/mol. The first-order chi connectivity index (χ1) is 22.9. The zero-order valence-electron chi connectivity index (χ0n) is 28.7. The standard InChI is InChI=1S/C35H45N5O9/c1-34(2,3)48-31(44)27-17-26(30(43)40(27)33(46)49-35(4,5)6)39-29(42)25(18-28(36)41)37-15-16-38-32(45)47-19-24-22-13-9-7-11-20(22)21-12-8-10-14-23(21)24/h7-14,24-27,37H,15-19H2,1-6H3,(H2,36,41)(H,38,45)(H,39,42)/t25-,26+,27-/m0/s1. The highest BCUT2D eigenvalue weighted by Gasteiger charge is 2.50. The Labute approximate surface area is 285 Å². The lowest BCUT2D eigenvalue weighted by Crippen LogP contribution is -2.53. The fourth-order valence-electron chi connectivity index (χ4n) is 5.76. The van der Waals surface area contributed by atoms with E-state index in [-0.39, 0.29) is 32.0 Å². The monoisotopic (exact) mass is 679 g/mol. The molecule has 1 aliphatic carbocycles. The molecule has 1 heterocycles. The van der Waals surface area contributed by atoms with Gasteiger partial charge >= 0.3 is 18.2 Å². The lowest BCUT2D eigenvalue weighted by molar-refractivity contribution is -0.161. The van der Waals surface area contributed by atoms with Crippen molar-refractivity contribution in [1.82, 2.24) is 20.9 Å². The van der Waals surface area contributed by atoms with Crippen LogP contribution in [-0.4, -0.2) is 89.8 Å². The number of rotatable bonds is 11. The average Bonchev–Trinajstić information content (AvgIpc) is 3.50. The van der Waals surface area contributed by atoms with Crippen molar-refractivity contribution < 1.29 is 43.0 Å². The molecule has 2 aromatic rings. The second-order valence-electron chi connectivity index (χ2n) is 14.0. The molecule has 1 fully saturated rings. The summed E-state index contributed by atoms with van der Waals surface area (Å²) < 4.78 is 16.3. The molecule has 1 aliphatic heterocycles. The summed E-state index contributed by atoms with van der Waals surface area (Å²) in [7, 11) is 0. The van der Waals surface area contributed by atoms with Crippen molar-refractivity contribution in [3.05, 3.63) is 59.7 Å². The molecule has 0 spiro atoms. The largest absolute Gasteiger partial charge is 0.458 e. The number of nitrogens with two attached hydrogens (primary N) is 1. The summed E-state index contributed by atoms with van der Waals surface area (Å²) >= 11 is 0. The Bertz CT molecular complexity index is 1550. The number of benzene rings is 2. The van der Waals surface area contributed by atoms with Crippen LogP contribution in [0.1, 0.15) is 71.4 Å². The van der Waals surface area contributed by atoms with Crippen molar-refractivity contribution in [3.8, 4) is 11.1 Å². The van der Waals surface area contributed by atoms with E-state index in [0.29, 0.717) is 4.90 Å². The summed E-state index contributed by atoms with van der Waals surface area (Å²) in [6, 6.07) is 12.1. The topological polar surface area (TPSA) is 195 Å². The van der Waals surface area contributed by atoms with Gasteiger partial charge in [-0.2, -0.15) is 0 Å². The number of hydrogen-bond donors (Lipinski definition) is 4. The minimum atomic E-state index is -1.35. The number of esters is 1. The molecule has 49 heavy (non-hydrogen) atoms. The number of nitrogens with zero attached hydrogens (tertiary/aromatic N) is 1. The smallest absolute Gasteiger partial charge is 0.417 e. The van der Waals surface area contributed by atoms with Gasteiger partial charge in [-0.3, -0.25) is 14.4 Å². The van der Waals surface area contributed by atoms with Gasteiger partial charge < -0.3 is 35.9 Å². The van der Waals surface area contributed by atoms with Gasteiger partial charge in [0.1, 0.15) is 29.9 Å². The van der Waals surface area contributed by atoms with Crippen molar-refractivity contribution in [2.24, 2.45) is 5.73 Å². The van der Waals surface area contributed by atoms with Gasteiger partial charge in [-0.05, 0) is 63.8 Å². The molecule has 5 amide bonds. The van der Waals surface area contributed by atoms with Gasteiger partial charge in [0.2, 0.25) is 11.8 Å². The van der Waals surface area contributed by atoms with Gasteiger partial charge in [0, 0.05) is 25.4 Å². The minimum absolute atomic E-state index is 0.0364. The van der Waals surface area contributed by atoms with E-state index in [2.05, 4.69) is 16.0 Å². The first-order valence-corrected chi connectivity index (χ1v) is 16.1. The number of carbonyl (C=O) groups is 6. The third-order valence-corrected chi connectivity index (χ3v) is 7.74. The first kappa shape index (κ1) is 36.8. The summed E-state index contributed by atoms with van der Waals surface area (Å²) in [5.41, 5.74) is 7.86. The van der Waals surface area contributed by atoms with Gasteiger partial charge in [-0.25, -0.2) is 19.3 Å². The lowest BCUT2D eigenvalue weighted by atomic mass is 9.98. The number of fused-ring (bicyclic) bond motifs is 3. The molecule has 3 atom stereocenters. The SMILES string of the molecule is CC(C)(C)OC(=O)[C@@H]1C[C@@H](NC(=O)[C@H](CC(N)=O)NCCNC(=O)OCC2c3ccccc3-c3ccccc32)C(=O)N1C(=O)OC(C)(C)C. The van der Waals surface area contributed by atoms with Crippen LogP contribution >= 0.6 is 0 Å². The highest BCUT2D eigenvalue weighted by molar-refractivity contribution is 6.04. The number of carbonyl (C=O) groups excluding carboxylic acids is 6. The van der Waals surface area contributed by atoms with Crippen LogP contribution in [-0.2, 0) is 33.4 Å². The van der Waals surface area contributed by atoms with Crippen LogP contribution in [0.15, 0.2) is 48.5 Å². The van der Waals surface area contributed by atoms with Gasteiger partial charge in [0.15, 0.2) is 0 Å². The molecule has 2 aromatic carbocycles. The Morgan fingerprint density at radius 2 is 1.45 bits per heavy atom. The molecule has 14 heteroatoms. The van der Waals surface area contributed by atoms with Gasteiger partial charge in [0.05, 0.1) is 12.5 Å². The fraction of sp³-hybridized carbons (Fsp3) is 0.486. The predicted octanol–water partition coefficient (Wildman–Crippen LogP) is 2.72. The maximum Gasteiger partial charge on any atom is 0.417 e. The maximum absolute atomic E-state index is 13.4. The van der Waals surface area contributed by atoms with Crippen LogP contribution in [0.2, 0.25) is 0 Å². The number of amides is 5. The number of nitrogens with one attached hydrogen (secondary N) is 3. The van der Waals surface area contributed by atoms with E-state index < -0.39 is 71.6 Å². The Balaban J connectivity index is 1.32. The molecule has 0 unspecified atom stereocenters. The van der Waals surface area contributed by atoms with Crippen molar-refractivity contribution in [1.29, 1.82) is 0 Å². The molecule has 0 aromatic heterocycles. The van der Waals surface area contributed by atoms with E-state index in [1.165, 1.54) is 0 Å². The third kappa shape index (κ3) is 9.56. The van der Waals surface area contributed by atoms with Crippen LogP contribution in [0.25, 0.3) is 11.1 Å². The van der Waals surface area contributed by atoms with Crippen molar-refractivity contribution in [2.45, 2.75) is 89.6 Å². The quantitative estimate of drug-likeness (QED) is 0.156. The number of ether oxygens (including phenoxy) is 3. The number of hydrogen-bond acceptors (Lipinski definition) is 10. The van der Waals surface area contributed by atoms with Crippen LogP contribution < -0.4 is 21.7 Å². The second kappa shape index (κ2) is 15.1. The second-order valence-corrected chi connectivity index (χ2v) is 14.0. The first-order valence-electron chi connectivity index (χ1n) is 16.1. The van der Waals surface area contributed by atoms with E-state index >= 15 is 0 Å². The Morgan fingerprint density at radius 3 is 2.00 bits per heavy atom. The van der Waals surface area contributed by atoms with Crippen molar-refractivity contribution in [3.63, 3.8) is 0 Å². The van der Waals surface area contributed by atoms with E-state index in [1.54, 1.807) is 41.5 Å². The van der Waals surface area contributed by atoms with Crippen LogP contribution in [0.4, 0.5) is 9.59 Å². The minimum Gasteiger partial charge on any atom is -0.458 e. The molecule has 0 radical (unpaired) electrons. The molecule has 14 nitrogen and oxygen atoms in total. The number of likely N-dealkylation sites (tertiary alicyclic amines) is 1. The highest BCUT2D eigenvalue weighted by atomic mass is 16.6. The molecular formula is C35H45N5O9. The summed E-state index contributed by atoms with van der Waals surface area (Å²) in [4.78, 5) is 77.6. The van der Waals surface area contributed by atoms with Crippen LogP contribution in [0.3, 0.4) is 0 Å². The molecular weight excluding hydrogens is 634 g/mol. The Kier molecular flexibility index (Phi) is 11.3. The zero-order chi connectivity index (χ0) is 36.1. The van der Waals surface area contributed by atoms with Crippen LogP contribution in [0.5, 0.6) is 0 Å². The molecule has 0 saturated carbocycles. The van der Waals surface area contributed by atoms with Crippen molar-refractivity contribution >= 4 is 35.9 Å². The lowest BCUT2D eigenvalue weighted by Gasteiger charge is -2.28. The van der Waals surface area contributed by atoms with Gasteiger partial charge in [0.25, 0.3) is 5.91 Å². The highest BCUT2D eigenvalue weighted by Crippen LogP contribution is 2.44. The summed E-state index contributed by atoms with van der Waals surface area (Å²) in [5, 5.41) is 8.00.